The number of carbonyl (C=O) groups excluding carboxylic acids is 1. The molecule has 0 bridgehead atoms. The molecule has 2 atom stereocenters. The summed E-state index contributed by atoms with van der Waals surface area (Å²) in [4.78, 5) is 11.6. The molecular weight excluding hydrogens is 308 g/mol. The topological polar surface area (TPSA) is 83.7 Å². The summed E-state index contributed by atoms with van der Waals surface area (Å²) in [5, 5.41) is 8.05. The van der Waals surface area contributed by atoms with Crippen molar-refractivity contribution in [1.29, 1.82) is 0 Å². The molecule has 2 aromatic rings. The molecule has 1 aromatic carbocycles. The Morgan fingerprint density at radius 3 is 2.91 bits per heavy atom. The number of ether oxygens (including phenoxy) is 3. The number of esters is 1. The van der Waals surface area contributed by atoms with E-state index >= 15 is 0 Å². The van der Waals surface area contributed by atoms with E-state index in [9.17, 15) is 4.79 Å². The molecule has 0 amide bonds. The highest BCUT2D eigenvalue weighted by Gasteiger charge is 2.34. The van der Waals surface area contributed by atoms with E-state index in [4.69, 9.17) is 18.6 Å². The maximum absolute atomic E-state index is 11.6. The minimum atomic E-state index is -0.292. The molecule has 2 aliphatic rings. The lowest BCUT2D eigenvalue weighted by molar-refractivity contribution is -0.140. The van der Waals surface area contributed by atoms with Crippen LogP contribution >= 0.6 is 11.8 Å². The fourth-order valence-corrected chi connectivity index (χ4v) is 3.32. The molecule has 0 saturated carbocycles. The van der Waals surface area contributed by atoms with Crippen molar-refractivity contribution in [3.63, 3.8) is 0 Å². The van der Waals surface area contributed by atoms with Crippen LogP contribution in [0, 0.1) is 0 Å². The average molecular weight is 320 g/mol. The lowest BCUT2D eigenvalue weighted by atomic mass is 10.2. The van der Waals surface area contributed by atoms with Gasteiger partial charge in [-0.2, -0.15) is 0 Å². The van der Waals surface area contributed by atoms with Crippen molar-refractivity contribution < 1.29 is 23.4 Å². The van der Waals surface area contributed by atoms with E-state index in [1.807, 2.05) is 13.0 Å². The second-order valence-corrected chi connectivity index (χ2v) is 6.18. The van der Waals surface area contributed by atoms with Crippen molar-refractivity contribution in [2.24, 2.45) is 0 Å². The summed E-state index contributed by atoms with van der Waals surface area (Å²) in [5.74, 6) is 1.49. The molecule has 0 aliphatic carbocycles. The Morgan fingerprint density at radius 2 is 2.09 bits per heavy atom. The standard InChI is InChI=1S/C14H12N2O5S/c1-7-4-11(13(17)20-7)22-14-16-15-12(21-14)8-2-3-9-10(5-8)19-6-18-9/h2-3,5,7,11H,4,6H2,1H3/t7-,11-/m1/s1. The van der Waals surface area contributed by atoms with E-state index in [1.165, 1.54) is 11.8 Å². The molecule has 0 unspecified atom stereocenters. The van der Waals surface area contributed by atoms with Gasteiger partial charge in [-0.3, -0.25) is 4.79 Å². The van der Waals surface area contributed by atoms with Gasteiger partial charge in [-0.15, -0.1) is 10.2 Å². The Balaban J connectivity index is 1.53. The second-order valence-electron chi connectivity index (χ2n) is 5.03. The summed E-state index contributed by atoms with van der Waals surface area (Å²) in [7, 11) is 0. The Morgan fingerprint density at radius 1 is 1.23 bits per heavy atom. The molecule has 0 N–H and O–H groups in total. The molecule has 22 heavy (non-hydrogen) atoms. The summed E-state index contributed by atoms with van der Waals surface area (Å²) >= 11 is 1.23. The average Bonchev–Trinajstić information content (AvgIpc) is 3.19. The molecule has 4 rings (SSSR count). The van der Waals surface area contributed by atoms with Crippen LogP contribution in [-0.4, -0.2) is 34.3 Å². The number of fused-ring (bicyclic) bond motifs is 1. The number of hydrogen-bond acceptors (Lipinski definition) is 8. The number of rotatable bonds is 3. The summed E-state index contributed by atoms with van der Waals surface area (Å²) in [6, 6.07) is 5.41. The lowest BCUT2D eigenvalue weighted by Gasteiger charge is -2.00. The van der Waals surface area contributed by atoms with E-state index in [0.717, 1.165) is 5.56 Å². The molecule has 1 aromatic heterocycles. The highest BCUT2D eigenvalue weighted by atomic mass is 32.2. The number of nitrogens with zero attached hydrogens (tertiary/aromatic N) is 2. The zero-order chi connectivity index (χ0) is 15.1. The minimum Gasteiger partial charge on any atom is -0.462 e. The van der Waals surface area contributed by atoms with E-state index in [-0.39, 0.29) is 24.1 Å². The van der Waals surface area contributed by atoms with Crippen molar-refractivity contribution in [2.45, 2.75) is 29.9 Å². The largest absolute Gasteiger partial charge is 0.462 e. The molecule has 8 heteroatoms. The summed E-state index contributed by atoms with van der Waals surface area (Å²) in [5.41, 5.74) is 0.742. The number of aromatic nitrogens is 2. The smallest absolute Gasteiger partial charge is 0.320 e. The van der Waals surface area contributed by atoms with Crippen LogP contribution in [0.25, 0.3) is 11.5 Å². The van der Waals surface area contributed by atoms with Gasteiger partial charge in [0.05, 0.1) is 0 Å². The van der Waals surface area contributed by atoms with Gasteiger partial charge in [-0.25, -0.2) is 0 Å². The van der Waals surface area contributed by atoms with Crippen LogP contribution in [0.15, 0.2) is 27.8 Å². The number of cyclic esters (lactones) is 1. The maximum atomic E-state index is 11.6. The molecule has 114 valence electrons. The first-order valence-corrected chi connectivity index (χ1v) is 7.68. The van der Waals surface area contributed by atoms with Gasteiger partial charge < -0.3 is 18.6 Å². The summed E-state index contributed by atoms with van der Waals surface area (Å²) in [6.07, 6.45) is 0.576. The lowest BCUT2D eigenvalue weighted by Crippen LogP contribution is -2.09. The molecule has 7 nitrogen and oxygen atoms in total. The monoisotopic (exact) mass is 320 g/mol. The van der Waals surface area contributed by atoms with Gasteiger partial charge in [-0.1, -0.05) is 0 Å². The summed E-state index contributed by atoms with van der Waals surface area (Å²) in [6.45, 7) is 2.08. The first kappa shape index (κ1) is 13.4. The van der Waals surface area contributed by atoms with Crippen molar-refractivity contribution in [3.8, 4) is 23.0 Å². The van der Waals surface area contributed by atoms with Crippen LogP contribution in [0.4, 0.5) is 0 Å². The molecule has 2 aliphatic heterocycles. The minimum absolute atomic E-state index is 0.0683. The zero-order valence-corrected chi connectivity index (χ0v) is 12.5. The molecule has 3 heterocycles. The highest BCUT2D eigenvalue weighted by molar-refractivity contribution is 8.00. The Bertz CT molecular complexity index is 732. The third-order valence-electron chi connectivity index (χ3n) is 3.40. The van der Waals surface area contributed by atoms with Gasteiger partial charge >= 0.3 is 5.97 Å². The van der Waals surface area contributed by atoms with Crippen LogP contribution in [0.3, 0.4) is 0 Å². The third-order valence-corrected chi connectivity index (χ3v) is 4.43. The van der Waals surface area contributed by atoms with Gasteiger partial charge in [0, 0.05) is 12.0 Å². The van der Waals surface area contributed by atoms with Crippen molar-refractivity contribution >= 4 is 17.7 Å². The SMILES string of the molecule is C[C@@H]1C[C@@H](Sc2nnc(-c3ccc4c(c3)OCO4)o2)C(=O)O1. The molecule has 1 saturated heterocycles. The van der Waals surface area contributed by atoms with E-state index < -0.39 is 0 Å². The number of carbonyl (C=O) groups is 1. The molecule has 0 spiro atoms. The van der Waals surface area contributed by atoms with Crippen LogP contribution in [0.2, 0.25) is 0 Å². The van der Waals surface area contributed by atoms with E-state index in [0.29, 0.717) is 29.0 Å². The van der Waals surface area contributed by atoms with Crippen molar-refractivity contribution in [2.75, 3.05) is 6.79 Å². The maximum Gasteiger partial charge on any atom is 0.320 e. The fourth-order valence-electron chi connectivity index (χ4n) is 2.34. The molecule has 0 radical (unpaired) electrons. The fraction of sp³-hybridized carbons (Fsp3) is 0.357. The molecule has 1 fully saturated rings. The van der Waals surface area contributed by atoms with Gasteiger partial charge in [0.2, 0.25) is 12.7 Å². The first-order chi connectivity index (χ1) is 10.7. The highest BCUT2D eigenvalue weighted by Crippen LogP contribution is 2.37. The van der Waals surface area contributed by atoms with Crippen LogP contribution in [0.1, 0.15) is 13.3 Å². The van der Waals surface area contributed by atoms with Crippen LogP contribution in [-0.2, 0) is 9.53 Å². The van der Waals surface area contributed by atoms with Gasteiger partial charge in [-0.05, 0) is 36.9 Å². The predicted molar refractivity (Wildman–Crippen MR) is 75.7 cm³/mol. The van der Waals surface area contributed by atoms with Crippen molar-refractivity contribution in [1.82, 2.24) is 10.2 Å². The van der Waals surface area contributed by atoms with Gasteiger partial charge in [0.25, 0.3) is 5.22 Å². The van der Waals surface area contributed by atoms with Gasteiger partial charge in [0.1, 0.15) is 11.4 Å². The Hall–Kier alpha value is -2.22. The Labute approximate surface area is 129 Å². The quantitative estimate of drug-likeness (QED) is 0.796. The second kappa shape index (κ2) is 5.20. The predicted octanol–water partition coefficient (Wildman–Crippen LogP) is 2.26. The van der Waals surface area contributed by atoms with Crippen LogP contribution in [0.5, 0.6) is 11.5 Å². The van der Waals surface area contributed by atoms with E-state index in [2.05, 4.69) is 10.2 Å². The normalized spacial score (nSPS) is 22.9. The van der Waals surface area contributed by atoms with Crippen LogP contribution < -0.4 is 9.47 Å². The first-order valence-electron chi connectivity index (χ1n) is 6.80. The number of benzene rings is 1. The number of hydrogen-bond donors (Lipinski definition) is 0. The third kappa shape index (κ3) is 2.39. The Kier molecular flexibility index (Phi) is 3.18. The van der Waals surface area contributed by atoms with E-state index in [1.54, 1.807) is 12.1 Å². The molecular formula is C14H12N2O5S. The van der Waals surface area contributed by atoms with Crippen molar-refractivity contribution in [3.05, 3.63) is 18.2 Å². The number of thioether (sulfide) groups is 1. The van der Waals surface area contributed by atoms with Gasteiger partial charge in [0.15, 0.2) is 11.5 Å². The summed E-state index contributed by atoms with van der Waals surface area (Å²) < 4.78 is 21.3. The zero-order valence-electron chi connectivity index (χ0n) is 11.6.